The number of nitrogens with one attached hydrogen (secondary N) is 1. The normalized spacial score (nSPS) is 13.1. The lowest BCUT2D eigenvalue weighted by Crippen LogP contribution is -2.39. The highest BCUT2D eigenvalue weighted by Crippen LogP contribution is 2.29. The fraction of sp³-hybridized carbons (Fsp3) is 0.385. The molecule has 98 valence electrons. The maximum absolute atomic E-state index is 9.37. The summed E-state index contributed by atoms with van der Waals surface area (Å²) in [5.74, 6) is 0. The molecule has 2 aromatic rings. The number of hydrogen-bond acceptors (Lipinski definition) is 5. The molecule has 0 amide bonds. The number of hydrogen-bond donors (Lipinski definition) is 2. The molecular formula is C13H17NO2S2. The quantitative estimate of drug-likeness (QED) is 0.820. The van der Waals surface area contributed by atoms with E-state index >= 15 is 0 Å². The first-order valence-corrected chi connectivity index (χ1v) is 7.53. The van der Waals surface area contributed by atoms with E-state index in [0.29, 0.717) is 6.61 Å². The second-order valence-electron chi connectivity index (χ2n) is 3.97. The summed E-state index contributed by atoms with van der Waals surface area (Å²) in [4.78, 5) is 2.51. The summed E-state index contributed by atoms with van der Waals surface area (Å²) in [5, 5.41) is 17.0. The highest BCUT2D eigenvalue weighted by molar-refractivity contribution is 7.11. The van der Waals surface area contributed by atoms with Gasteiger partial charge in [-0.2, -0.15) is 0 Å². The van der Waals surface area contributed by atoms with Crippen molar-refractivity contribution in [2.75, 3.05) is 20.3 Å². The Labute approximate surface area is 115 Å². The Kier molecular flexibility index (Phi) is 5.34. The zero-order valence-electron chi connectivity index (χ0n) is 10.2. The number of methoxy groups -OCH3 is 1. The predicted molar refractivity (Wildman–Crippen MR) is 76.4 cm³/mol. The number of ether oxygens (including phenoxy) is 1. The average molecular weight is 283 g/mol. The number of aliphatic hydroxyl groups excluding tert-OH is 1. The van der Waals surface area contributed by atoms with E-state index in [2.05, 4.69) is 28.2 Å². The molecule has 0 saturated heterocycles. The molecule has 2 rings (SSSR count). The zero-order valence-corrected chi connectivity index (χ0v) is 11.8. The second kappa shape index (κ2) is 7.01. The van der Waals surface area contributed by atoms with Crippen LogP contribution in [-0.2, 0) is 4.74 Å². The first-order chi connectivity index (χ1) is 8.85. The van der Waals surface area contributed by atoms with Gasteiger partial charge in [0.25, 0.3) is 0 Å². The molecule has 3 nitrogen and oxygen atoms in total. The van der Waals surface area contributed by atoms with Crippen LogP contribution >= 0.6 is 22.7 Å². The van der Waals surface area contributed by atoms with Crippen LogP contribution in [0.25, 0.3) is 0 Å². The molecule has 0 fully saturated rings. The SMILES string of the molecule is COCC(CO)NC(c1cccs1)c1cccs1. The summed E-state index contributed by atoms with van der Waals surface area (Å²) < 4.78 is 5.11. The van der Waals surface area contributed by atoms with Crippen LogP contribution in [0.15, 0.2) is 35.0 Å². The van der Waals surface area contributed by atoms with Crippen LogP contribution in [0.1, 0.15) is 15.8 Å². The lowest BCUT2D eigenvalue weighted by Gasteiger charge is -2.22. The number of aliphatic hydroxyl groups is 1. The highest BCUT2D eigenvalue weighted by Gasteiger charge is 2.20. The maximum Gasteiger partial charge on any atom is 0.0768 e. The van der Waals surface area contributed by atoms with Gasteiger partial charge in [-0.15, -0.1) is 22.7 Å². The van der Waals surface area contributed by atoms with Crippen molar-refractivity contribution in [3.8, 4) is 0 Å². The van der Waals surface area contributed by atoms with Crippen LogP contribution in [0.3, 0.4) is 0 Å². The summed E-state index contributed by atoms with van der Waals surface area (Å²) in [6.07, 6.45) is 0. The molecular weight excluding hydrogens is 266 g/mol. The molecule has 0 aliphatic heterocycles. The second-order valence-corrected chi connectivity index (χ2v) is 5.92. The fourth-order valence-electron chi connectivity index (χ4n) is 1.81. The third kappa shape index (κ3) is 3.40. The van der Waals surface area contributed by atoms with E-state index in [4.69, 9.17) is 4.74 Å². The van der Waals surface area contributed by atoms with Crippen molar-refractivity contribution >= 4 is 22.7 Å². The van der Waals surface area contributed by atoms with Gasteiger partial charge in [0, 0.05) is 16.9 Å². The molecule has 2 N–H and O–H groups in total. The Morgan fingerprint density at radius 2 is 1.83 bits per heavy atom. The highest BCUT2D eigenvalue weighted by atomic mass is 32.1. The molecule has 2 aromatic heterocycles. The largest absolute Gasteiger partial charge is 0.395 e. The minimum Gasteiger partial charge on any atom is -0.395 e. The van der Waals surface area contributed by atoms with Crippen LogP contribution in [-0.4, -0.2) is 31.5 Å². The Bertz CT molecular complexity index is 394. The van der Waals surface area contributed by atoms with Crippen LogP contribution in [0.2, 0.25) is 0 Å². The first-order valence-electron chi connectivity index (χ1n) is 5.77. The summed E-state index contributed by atoms with van der Waals surface area (Å²) in [6.45, 7) is 0.574. The summed E-state index contributed by atoms with van der Waals surface area (Å²) in [5.41, 5.74) is 0. The predicted octanol–water partition coefficient (Wildman–Crippen LogP) is 2.50. The van der Waals surface area contributed by atoms with Crippen LogP contribution in [0, 0.1) is 0 Å². The average Bonchev–Trinajstić information content (AvgIpc) is 3.06. The van der Waals surface area contributed by atoms with E-state index in [1.54, 1.807) is 29.8 Å². The minimum atomic E-state index is -0.0517. The molecule has 0 spiro atoms. The van der Waals surface area contributed by atoms with E-state index < -0.39 is 0 Å². The van der Waals surface area contributed by atoms with Crippen molar-refractivity contribution in [2.24, 2.45) is 0 Å². The molecule has 1 atom stereocenters. The molecule has 18 heavy (non-hydrogen) atoms. The fourth-order valence-corrected chi connectivity index (χ4v) is 3.49. The Morgan fingerprint density at radius 1 is 1.22 bits per heavy atom. The molecule has 0 saturated carbocycles. The van der Waals surface area contributed by atoms with Gasteiger partial charge in [0.1, 0.15) is 0 Å². The van der Waals surface area contributed by atoms with Crippen molar-refractivity contribution in [2.45, 2.75) is 12.1 Å². The topological polar surface area (TPSA) is 41.5 Å². The monoisotopic (exact) mass is 283 g/mol. The molecule has 2 heterocycles. The molecule has 5 heteroatoms. The molecule has 0 aromatic carbocycles. The maximum atomic E-state index is 9.37. The van der Waals surface area contributed by atoms with Gasteiger partial charge < -0.3 is 9.84 Å². The van der Waals surface area contributed by atoms with Crippen LogP contribution < -0.4 is 5.32 Å². The first kappa shape index (κ1) is 13.7. The van der Waals surface area contributed by atoms with Crippen molar-refractivity contribution in [3.05, 3.63) is 44.8 Å². The van der Waals surface area contributed by atoms with Crippen molar-refractivity contribution in [3.63, 3.8) is 0 Å². The van der Waals surface area contributed by atoms with E-state index in [9.17, 15) is 5.11 Å². The number of rotatable bonds is 7. The summed E-state index contributed by atoms with van der Waals surface area (Å²) in [7, 11) is 1.65. The molecule has 0 bridgehead atoms. The van der Waals surface area contributed by atoms with Gasteiger partial charge in [-0.25, -0.2) is 0 Å². The molecule has 0 aliphatic carbocycles. The Hall–Kier alpha value is -0.720. The lowest BCUT2D eigenvalue weighted by molar-refractivity contribution is 0.125. The summed E-state index contributed by atoms with van der Waals surface area (Å²) in [6, 6.07) is 8.41. The lowest BCUT2D eigenvalue weighted by atomic mass is 10.1. The minimum absolute atomic E-state index is 0.0517. The van der Waals surface area contributed by atoms with Gasteiger partial charge in [-0.05, 0) is 22.9 Å². The molecule has 1 unspecified atom stereocenters. The van der Waals surface area contributed by atoms with Crippen molar-refractivity contribution in [1.82, 2.24) is 5.32 Å². The van der Waals surface area contributed by atoms with Crippen LogP contribution in [0.5, 0.6) is 0 Å². The van der Waals surface area contributed by atoms with Crippen molar-refractivity contribution in [1.29, 1.82) is 0 Å². The molecule has 0 aliphatic rings. The Balaban J connectivity index is 2.15. The van der Waals surface area contributed by atoms with Gasteiger partial charge >= 0.3 is 0 Å². The van der Waals surface area contributed by atoms with E-state index in [-0.39, 0.29) is 18.7 Å². The Morgan fingerprint density at radius 3 is 2.22 bits per heavy atom. The van der Waals surface area contributed by atoms with Crippen molar-refractivity contribution < 1.29 is 9.84 Å². The number of thiophene rings is 2. The third-order valence-electron chi connectivity index (χ3n) is 2.65. The van der Waals surface area contributed by atoms with Crippen LogP contribution in [0.4, 0.5) is 0 Å². The van der Waals surface area contributed by atoms with Gasteiger partial charge in [-0.1, -0.05) is 12.1 Å². The summed E-state index contributed by atoms with van der Waals surface area (Å²) >= 11 is 3.44. The van der Waals surface area contributed by atoms with Gasteiger partial charge in [0.05, 0.1) is 25.3 Å². The third-order valence-corrected chi connectivity index (χ3v) is 4.52. The standard InChI is InChI=1S/C13H17NO2S2/c1-16-9-10(8-15)14-13(11-4-2-6-17-11)12-5-3-7-18-12/h2-7,10,13-15H,8-9H2,1H3. The van der Waals surface area contributed by atoms with E-state index in [0.717, 1.165) is 0 Å². The molecule has 0 radical (unpaired) electrons. The smallest absolute Gasteiger partial charge is 0.0768 e. The van der Waals surface area contributed by atoms with E-state index in [1.165, 1.54) is 9.75 Å². The van der Waals surface area contributed by atoms with E-state index in [1.807, 2.05) is 12.1 Å². The zero-order chi connectivity index (χ0) is 12.8. The van der Waals surface area contributed by atoms with Gasteiger partial charge in [0.2, 0.25) is 0 Å². The van der Waals surface area contributed by atoms with Gasteiger partial charge in [-0.3, -0.25) is 5.32 Å². The van der Waals surface area contributed by atoms with Gasteiger partial charge in [0.15, 0.2) is 0 Å².